The topological polar surface area (TPSA) is 12.0 Å². The van der Waals surface area contributed by atoms with E-state index in [0.29, 0.717) is 6.04 Å². The van der Waals surface area contributed by atoms with Crippen LogP contribution in [0.2, 0.25) is 0 Å². The average molecular weight is 319 g/mol. The van der Waals surface area contributed by atoms with E-state index in [9.17, 15) is 0 Å². The molecule has 1 saturated heterocycles. The van der Waals surface area contributed by atoms with Crippen molar-refractivity contribution in [2.45, 2.75) is 25.3 Å². The third-order valence-corrected chi connectivity index (χ3v) is 4.04. The van der Waals surface area contributed by atoms with Crippen LogP contribution in [-0.2, 0) is 0 Å². The maximum Gasteiger partial charge on any atom is 0.0342 e. The molecule has 0 radical (unpaired) electrons. The van der Waals surface area contributed by atoms with E-state index in [0.717, 1.165) is 6.54 Å². The minimum Gasteiger partial charge on any atom is -0.310 e. The first-order valence-electron chi connectivity index (χ1n) is 4.96. The molecule has 1 nitrogen and oxygen atoms in total. The van der Waals surface area contributed by atoms with Crippen LogP contribution in [0, 0.1) is 0 Å². The quantitative estimate of drug-likeness (QED) is 0.824. The maximum atomic E-state index is 3.61. The number of benzene rings is 1. The highest BCUT2D eigenvalue weighted by atomic mass is 79.9. The molecule has 0 unspecified atom stereocenters. The maximum absolute atomic E-state index is 3.61. The first-order valence-corrected chi connectivity index (χ1v) is 6.55. The molecule has 0 saturated carbocycles. The van der Waals surface area contributed by atoms with Crippen LogP contribution in [0.4, 0.5) is 0 Å². The molecule has 1 atom stereocenters. The van der Waals surface area contributed by atoms with Gasteiger partial charge >= 0.3 is 0 Å². The van der Waals surface area contributed by atoms with Crippen molar-refractivity contribution >= 4 is 31.9 Å². The molecule has 1 aliphatic heterocycles. The van der Waals surface area contributed by atoms with Gasteiger partial charge in [0.2, 0.25) is 0 Å². The molecule has 0 spiro atoms. The molecule has 76 valence electrons. The Kier molecular flexibility index (Phi) is 3.63. The van der Waals surface area contributed by atoms with Crippen molar-refractivity contribution < 1.29 is 0 Å². The van der Waals surface area contributed by atoms with Crippen molar-refractivity contribution in [3.05, 3.63) is 32.7 Å². The van der Waals surface area contributed by atoms with Crippen molar-refractivity contribution in [3.8, 4) is 0 Å². The lowest BCUT2D eigenvalue weighted by atomic mass is 9.98. The van der Waals surface area contributed by atoms with Gasteiger partial charge in [0.1, 0.15) is 0 Å². The van der Waals surface area contributed by atoms with Gasteiger partial charge in [0.15, 0.2) is 0 Å². The molecule has 1 N–H and O–H groups in total. The Labute approximate surface area is 102 Å². The van der Waals surface area contributed by atoms with Gasteiger partial charge in [0, 0.05) is 15.0 Å². The number of nitrogens with one attached hydrogen (secondary N) is 1. The Bertz CT molecular complexity index is 299. The molecule has 14 heavy (non-hydrogen) atoms. The highest BCUT2D eigenvalue weighted by Crippen LogP contribution is 2.34. The van der Waals surface area contributed by atoms with Gasteiger partial charge in [-0.05, 0) is 37.1 Å². The van der Waals surface area contributed by atoms with Gasteiger partial charge in [0.25, 0.3) is 0 Å². The smallest absolute Gasteiger partial charge is 0.0342 e. The Morgan fingerprint density at radius 3 is 2.43 bits per heavy atom. The van der Waals surface area contributed by atoms with Crippen LogP contribution in [-0.4, -0.2) is 6.54 Å². The van der Waals surface area contributed by atoms with Gasteiger partial charge in [-0.3, -0.25) is 0 Å². The minimum absolute atomic E-state index is 0.508. The molecule has 0 aromatic heterocycles. The van der Waals surface area contributed by atoms with Gasteiger partial charge in [-0.1, -0.05) is 44.3 Å². The van der Waals surface area contributed by atoms with Crippen molar-refractivity contribution in [3.63, 3.8) is 0 Å². The predicted octanol–water partition coefficient (Wildman–Crippen LogP) is 4.03. The van der Waals surface area contributed by atoms with Crippen LogP contribution >= 0.6 is 31.9 Å². The summed E-state index contributed by atoms with van der Waals surface area (Å²) in [6.45, 7) is 1.14. The summed E-state index contributed by atoms with van der Waals surface area (Å²) in [7, 11) is 0. The van der Waals surface area contributed by atoms with Crippen molar-refractivity contribution in [1.82, 2.24) is 5.32 Å². The van der Waals surface area contributed by atoms with E-state index in [1.54, 1.807) is 0 Å². The zero-order valence-electron chi connectivity index (χ0n) is 7.89. The highest BCUT2D eigenvalue weighted by molar-refractivity contribution is 9.11. The van der Waals surface area contributed by atoms with Gasteiger partial charge in [-0.15, -0.1) is 0 Å². The van der Waals surface area contributed by atoms with Crippen LogP contribution in [0.15, 0.2) is 27.1 Å². The second-order valence-electron chi connectivity index (χ2n) is 3.64. The number of hydrogen-bond donors (Lipinski definition) is 1. The van der Waals surface area contributed by atoms with Crippen LogP contribution in [0.5, 0.6) is 0 Å². The van der Waals surface area contributed by atoms with Gasteiger partial charge in [-0.25, -0.2) is 0 Å². The fourth-order valence-electron chi connectivity index (χ4n) is 1.94. The van der Waals surface area contributed by atoms with E-state index in [4.69, 9.17) is 0 Å². The number of hydrogen-bond acceptors (Lipinski definition) is 1. The Balaban J connectivity index is 2.29. The second-order valence-corrected chi connectivity index (χ2v) is 5.35. The standard InChI is InChI=1S/C11H13Br2N/c12-8-4-3-5-9(13)11(8)10-6-1-2-7-14-10/h3-5,10,14H,1-2,6-7H2/t10-/m0/s1. The van der Waals surface area contributed by atoms with E-state index >= 15 is 0 Å². The molecule has 0 bridgehead atoms. The lowest BCUT2D eigenvalue weighted by Crippen LogP contribution is -2.27. The van der Waals surface area contributed by atoms with Gasteiger partial charge < -0.3 is 5.32 Å². The second kappa shape index (κ2) is 4.77. The van der Waals surface area contributed by atoms with Gasteiger partial charge in [-0.2, -0.15) is 0 Å². The molecule has 1 heterocycles. The summed E-state index contributed by atoms with van der Waals surface area (Å²) in [4.78, 5) is 0. The van der Waals surface area contributed by atoms with Crippen LogP contribution in [0.25, 0.3) is 0 Å². The monoisotopic (exact) mass is 317 g/mol. The molecular formula is C11H13Br2N. The fourth-order valence-corrected chi connectivity index (χ4v) is 3.49. The van der Waals surface area contributed by atoms with Crippen molar-refractivity contribution in [1.29, 1.82) is 0 Å². The molecule has 1 fully saturated rings. The number of halogens is 2. The lowest BCUT2D eigenvalue weighted by molar-refractivity contribution is 0.410. The summed E-state index contributed by atoms with van der Waals surface area (Å²) in [6.07, 6.45) is 3.87. The fraction of sp³-hybridized carbons (Fsp3) is 0.455. The molecule has 1 aromatic carbocycles. The Hall–Kier alpha value is 0.140. The minimum atomic E-state index is 0.508. The van der Waals surface area contributed by atoms with Crippen LogP contribution < -0.4 is 5.32 Å². The van der Waals surface area contributed by atoms with E-state index in [2.05, 4.69) is 55.4 Å². The normalized spacial score (nSPS) is 22.3. The summed E-state index contributed by atoms with van der Waals surface area (Å²) in [6, 6.07) is 6.78. The largest absolute Gasteiger partial charge is 0.310 e. The van der Waals surface area contributed by atoms with E-state index in [-0.39, 0.29) is 0 Å². The predicted molar refractivity (Wildman–Crippen MR) is 66.4 cm³/mol. The Morgan fingerprint density at radius 2 is 1.86 bits per heavy atom. The highest BCUT2D eigenvalue weighted by Gasteiger charge is 2.18. The third kappa shape index (κ3) is 2.20. The molecule has 0 amide bonds. The number of piperidine rings is 1. The summed E-state index contributed by atoms with van der Waals surface area (Å²) in [5.41, 5.74) is 1.37. The molecule has 2 rings (SSSR count). The van der Waals surface area contributed by atoms with Gasteiger partial charge in [0.05, 0.1) is 0 Å². The SMILES string of the molecule is Brc1cccc(Br)c1[C@@H]1CCCCN1. The zero-order chi connectivity index (χ0) is 9.97. The summed E-state index contributed by atoms with van der Waals surface area (Å²) in [5, 5.41) is 3.56. The Morgan fingerprint density at radius 1 is 1.14 bits per heavy atom. The first kappa shape index (κ1) is 10.7. The lowest BCUT2D eigenvalue weighted by Gasteiger charge is -2.25. The number of rotatable bonds is 1. The average Bonchev–Trinajstić information content (AvgIpc) is 2.19. The summed E-state index contributed by atoms with van der Waals surface area (Å²) in [5.74, 6) is 0. The third-order valence-electron chi connectivity index (χ3n) is 2.66. The summed E-state index contributed by atoms with van der Waals surface area (Å²) >= 11 is 7.23. The van der Waals surface area contributed by atoms with Crippen molar-refractivity contribution in [2.75, 3.05) is 6.54 Å². The van der Waals surface area contributed by atoms with E-state index < -0.39 is 0 Å². The van der Waals surface area contributed by atoms with E-state index in [1.165, 1.54) is 33.8 Å². The summed E-state index contributed by atoms with van der Waals surface area (Å²) < 4.78 is 2.40. The van der Waals surface area contributed by atoms with Crippen LogP contribution in [0.1, 0.15) is 30.9 Å². The molecule has 3 heteroatoms. The van der Waals surface area contributed by atoms with Crippen LogP contribution in [0.3, 0.4) is 0 Å². The molecule has 0 aliphatic carbocycles. The van der Waals surface area contributed by atoms with E-state index in [1.807, 2.05) is 0 Å². The molecule has 1 aromatic rings. The molecule has 1 aliphatic rings. The zero-order valence-corrected chi connectivity index (χ0v) is 11.1. The first-order chi connectivity index (χ1) is 6.79. The molecular weight excluding hydrogens is 306 g/mol. The van der Waals surface area contributed by atoms with Crippen molar-refractivity contribution in [2.24, 2.45) is 0 Å².